The summed E-state index contributed by atoms with van der Waals surface area (Å²) in [5, 5.41) is 3.32. The summed E-state index contributed by atoms with van der Waals surface area (Å²) < 4.78 is 0. The number of carbonyl (C=O) groups is 2. The smallest absolute Gasteiger partial charge is 0.249 e. The van der Waals surface area contributed by atoms with E-state index in [0.717, 1.165) is 11.3 Å². The van der Waals surface area contributed by atoms with Crippen molar-refractivity contribution in [2.75, 3.05) is 11.4 Å². The molecule has 0 bridgehead atoms. The van der Waals surface area contributed by atoms with Crippen LogP contribution < -0.4 is 10.2 Å². The van der Waals surface area contributed by atoms with Crippen molar-refractivity contribution in [1.82, 2.24) is 10.3 Å². The lowest BCUT2D eigenvalue weighted by molar-refractivity contribution is -0.123. The summed E-state index contributed by atoms with van der Waals surface area (Å²) in [6.45, 7) is 0.552. The van der Waals surface area contributed by atoms with Gasteiger partial charge in [-0.1, -0.05) is 23.7 Å². The normalized spacial score (nSPS) is 17.5. The van der Waals surface area contributed by atoms with Gasteiger partial charge in [-0.15, -0.1) is 0 Å². The van der Waals surface area contributed by atoms with E-state index in [1.54, 1.807) is 47.6 Å². The molecule has 2 aromatic rings. The van der Waals surface area contributed by atoms with Crippen molar-refractivity contribution in [3.05, 3.63) is 65.5 Å². The van der Waals surface area contributed by atoms with E-state index >= 15 is 0 Å². The lowest BCUT2D eigenvalue weighted by Crippen LogP contribution is -2.40. The van der Waals surface area contributed by atoms with E-state index in [0.29, 0.717) is 18.0 Å². The van der Waals surface area contributed by atoms with Crippen LogP contribution in [-0.4, -0.2) is 29.4 Å². The summed E-state index contributed by atoms with van der Waals surface area (Å²) in [4.78, 5) is 30.1. The summed E-state index contributed by atoms with van der Waals surface area (Å²) in [6.07, 6.45) is 6.96. The van der Waals surface area contributed by atoms with Crippen molar-refractivity contribution in [3.8, 4) is 0 Å². The van der Waals surface area contributed by atoms with Crippen LogP contribution in [0.2, 0.25) is 5.02 Å². The highest BCUT2D eigenvalue weighted by molar-refractivity contribution is 6.31. The van der Waals surface area contributed by atoms with E-state index in [1.807, 2.05) is 12.1 Å². The summed E-state index contributed by atoms with van der Waals surface area (Å²) in [5.74, 6) is -0.425. The quantitative estimate of drug-likeness (QED) is 0.870. The van der Waals surface area contributed by atoms with Gasteiger partial charge in [-0.2, -0.15) is 0 Å². The molecule has 5 nitrogen and oxygen atoms in total. The summed E-state index contributed by atoms with van der Waals surface area (Å²) in [6, 6.07) is 10.2. The number of carbonyl (C=O) groups excluding carboxylic acids is 2. The Morgan fingerprint density at radius 2 is 2.21 bits per heavy atom. The van der Waals surface area contributed by atoms with Crippen molar-refractivity contribution in [2.45, 2.75) is 12.5 Å². The molecule has 1 N–H and O–H groups in total. The Morgan fingerprint density at radius 3 is 2.96 bits per heavy atom. The van der Waals surface area contributed by atoms with Crippen LogP contribution in [0.3, 0.4) is 0 Å². The number of benzene rings is 1. The van der Waals surface area contributed by atoms with Crippen LogP contribution >= 0.6 is 11.6 Å². The molecule has 1 aromatic heterocycles. The number of pyridine rings is 1. The van der Waals surface area contributed by atoms with E-state index in [2.05, 4.69) is 10.3 Å². The van der Waals surface area contributed by atoms with Gasteiger partial charge in [0.05, 0.1) is 0 Å². The Labute approximate surface area is 145 Å². The second kappa shape index (κ2) is 7.27. The molecule has 122 valence electrons. The Kier molecular flexibility index (Phi) is 4.91. The highest BCUT2D eigenvalue weighted by Crippen LogP contribution is 2.24. The number of nitrogens with zero attached hydrogens (tertiary/aromatic N) is 2. The average Bonchev–Trinajstić information content (AvgIpc) is 2.95. The van der Waals surface area contributed by atoms with Gasteiger partial charge in [-0.05, 0) is 42.3 Å². The zero-order valence-corrected chi connectivity index (χ0v) is 13.6. The Balaban J connectivity index is 1.61. The molecule has 24 heavy (non-hydrogen) atoms. The number of rotatable bonds is 4. The third-order valence-corrected chi connectivity index (χ3v) is 3.99. The minimum atomic E-state index is -0.518. The van der Waals surface area contributed by atoms with E-state index in [1.165, 1.54) is 6.08 Å². The first-order valence-electron chi connectivity index (χ1n) is 7.59. The van der Waals surface area contributed by atoms with E-state index in [4.69, 9.17) is 11.6 Å². The first kappa shape index (κ1) is 16.2. The largest absolute Gasteiger partial charge is 0.341 e. The van der Waals surface area contributed by atoms with Gasteiger partial charge in [0.15, 0.2) is 0 Å². The molecule has 1 fully saturated rings. The lowest BCUT2D eigenvalue weighted by atomic mass is 10.2. The maximum absolute atomic E-state index is 12.5. The van der Waals surface area contributed by atoms with Gasteiger partial charge in [0.1, 0.15) is 6.04 Å². The first-order chi connectivity index (χ1) is 11.6. The average molecular weight is 342 g/mol. The number of halogens is 1. The second-order valence-electron chi connectivity index (χ2n) is 5.44. The highest BCUT2D eigenvalue weighted by Gasteiger charge is 2.33. The molecule has 0 spiro atoms. The molecule has 0 aliphatic carbocycles. The maximum Gasteiger partial charge on any atom is 0.249 e. The molecule has 1 aliphatic heterocycles. The summed E-state index contributed by atoms with van der Waals surface area (Å²) in [7, 11) is 0. The van der Waals surface area contributed by atoms with E-state index in [9.17, 15) is 9.59 Å². The molecule has 1 atom stereocenters. The lowest BCUT2D eigenvalue weighted by Gasteiger charge is -2.17. The van der Waals surface area contributed by atoms with Gasteiger partial charge >= 0.3 is 0 Å². The minimum absolute atomic E-state index is 0.125. The molecule has 1 saturated heterocycles. The summed E-state index contributed by atoms with van der Waals surface area (Å²) >= 11 is 5.97. The van der Waals surface area contributed by atoms with Crippen molar-refractivity contribution in [3.63, 3.8) is 0 Å². The standard InChI is InChI=1S/C18H16ClN3O2/c19-14-4-1-5-15(11-14)22-10-8-16(18(22)24)21-17(23)7-6-13-3-2-9-20-12-13/h1-7,9,11-12,16H,8,10H2,(H,21,23)/b7-6+/t16-/m1/s1. The monoisotopic (exact) mass is 341 g/mol. The van der Waals surface area contributed by atoms with Gasteiger partial charge in [-0.25, -0.2) is 0 Å². The van der Waals surface area contributed by atoms with Crippen LogP contribution in [0.4, 0.5) is 5.69 Å². The maximum atomic E-state index is 12.5. The van der Waals surface area contributed by atoms with Crippen LogP contribution in [0.25, 0.3) is 6.08 Å². The number of anilines is 1. The predicted molar refractivity (Wildman–Crippen MR) is 93.6 cm³/mol. The second-order valence-corrected chi connectivity index (χ2v) is 5.88. The van der Waals surface area contributed by atoms with Crippen LogP contribution in [0.15, 0.2) is 54.9 Å². The molecule has 6 heteroatoms. The number of hydrogen-bond donors (Lipinski definition) is 1. The molecular weight excluding hydrogens is 326 g/mol. The third kappa shape index (κ3) is 3.81. The highest BCUT2D eigenvalue weighted by atomic mass is 35.5. The van der Waals surface area contributed by atoms with E-state index < -0.39 is 6.04 Å². The SMILES string of the molecule is O=C(/C=C/c1cccnc1)N[C@@H]1CCN(c2cccc(Cl)c2)C1=O. The van der Waals surface area contributed by atoms with Gasteiger partial charge in [0, 0.05) is 35.7 Å². The molecule has 0 saturated carbocycles. The fourth-order valence-electron chi connectivity index (χ4n) is 2.58. The van der Waals surface area contributed by atoms with Crippen LogP contribution in [0, 0.1) is 0 Å². The van der Waals surface area contributed by atoms with Crippen molar-refractivity contribution in [2.24, 2.45) is 0 Å². The van der Waals surface area contributed by atoms with Crippen LogP contribution in [-0.2, 0) is 9.59 Å². The molecule has 0 unspecified atom stereocenters. The Bertz CT molecular complexity index is 777. The Hall–Kier alpha value is -2.66. The molecule has 0 radical (unpaired) electrons. The van der Waals surface area contributed by atoms with Crippen LogP contribution in [0.1, 0.15) is 12.0 Å². The number of nitrogens with one attached hydrogen (secondary N) is 1. The topological polar surface area (TPSA) is 62.3 Å². The van der Waals surface area contributed by atoms with Crippen molar-refractivity contribution < 1.29 is 9.59 Å². The number of aromatic nitrogens is 1. The van der Waals surface area contributed by atoms with Gasteiger partial charge in [0.2, 0.25) is 11.8 Å². The van der Waals surface area contributed by atoms with Crippen molar-refractivity contribution in [1.29, 1.82) is 0 Å². The molecular formula is C18H16ClN3O2. The molecule has 1 aliphatic rings. The fraction of sp³-hybridized carbons (Fsp3) is 0.167. The fourth-order valence-corrected chi connectivity index (χ4v) is 2.77. The third-order valence-electron chi connectivity index (χ3n) is 3.75. The molecule has 2 amide bonds. The van der Waals surface area contributed by atoms with Gasteiger partial charge in [-0.3, -0.25) is 14.6 Å². The zero-order chi connectivity index (χ0) is 16.9. The van der Waals surface area contributed by atoms with Crippen LogP contribution in [0.5, 0.6) is 0 Å². The van der Waals surface area contributed by atoms with E-state index in [-0.39, 0.29) is 11.8 Å². The molecule has 1 aromatic carbocycles. The van der Waals surface area contributed by atoms with Crippen molar-refractivity contribution >= 4 is 35.2 Å². The summed E-state index contributed by atoms with van der Waals surface area (Å²) in [5.41, 5.74) is 1.57. The Morgan fingerprint density at radius 1 is 1.33 bits per heavy atom. The zero-order valence-electron chi connectivity index (χ0n) is 12.9. The predicted octanol–water partition coefficient (Wildman–Crippen LogP) is 2.67. The number of amides is 2. The minimum Gasteiger partial charge on any atom is -0.341 e. The number of hydrogen-bond acceptors (Lipinski definition) is 3. The molecule has 2 heterocycles. The first-order valence-corrected chi connectivity index (χ1v) is 7.97. The van der Waals surface area contributed by atoms with Gasteiger partial charge < -0.3 is 10.2 Å². The molecule has 3 rings (SSSR count). The van der Waals surface area contributed by atoms with Gasteiger partial charge in [0.25, 0.3) is 0 Å².